The molecular formula is C18H19ClN2O4. The molecule has 0 bridgehead atoms. The van der Waals surface area contributed by atoms with Crippen LogP contribution < -0.4 is 5.32 Å². The number of nitrogens with one attached hydrogen (secondary N) is 2. The summed E-state index contributed by atoms with van der Waals surface area (Å²) in [6.07, 6.45) is -1.02. The van der Waals surface area contributed by atoms with Gasteiger partial charge in [0, 0.05) is 22.0 Å². The van der Waals surface area contributed by atoms with Crippen molar-refractivity contribution in [2.24, 2.45) is 0 Å². The number of H-pyrrole nitrogens is 1. The van der Waals surface area contributed by atoms with Crippen molar-refractivity contribution in [1.29, 1.82) is 0 Å². The first-order valence-electron chi connectivity index (χ1n) is 7.68. The predicted octanol–water partition coefficient (Wildman–Crippen LogP) is 3.67. The first kappa shape index (κ1) is 18.7. The van der Waals surface area contributed by atoms with Crippen molar-refractivity contribution in [2.45, 2.75) is 33.8 Å². The van der Waals surface area contributed by atoms with Crippen molar-refractivity contribution < 1.29 is 19.1 Å². The maximum atomic E-state index is 12.3. The maximum Gasteiger partial charge on any atom is 0.355 e. The average molecular weight is 363 g/mol. The van der Waals surface area contributed by atoms with Gasteiger partial charge in [0.2, 0.25) is 0 Å². The highest BCUT2D eigenvalue weighted by Gasteiger charge is 2.24. The van der Waals surface area contributed by atoms with Crippen LogP contribution in [0.2, 0.25) is 5.02 Å². The second kappa shape index (κ2) is 7.53. The molecule has 0 radical (unpaired) electrons. The van der Waals surface area contributed by atoms with Crippen LogP contribution >= 0.6 is 11.6 Å². The summed E-state index contributed by atoms with van der Waals surface area (Å²) in [5.74, 6) is -1.32. The molecule has 2 N–H and O–H groups in total. The number of hydrogen-bond donors (Lipinski definition) is 2. The number of rotatable bonds is 5. The molecule has 1 aromatic heterocycles. The van der Waals surface area contributed by atoms with Crippen molar-refractivity contribution in [3.63, 3.8) is 0 Å². The Morgan fingerprint density at radius 1 is 1.24 bits per heavy atom. The van der Waals surface area contributed by atoms with E-state index >= 15 is 0 Å². The molecule has 1 aromatic carbocycles. The SMILES string of the molecule is CC(=O)c1c(C)[nH]c(C(=O)O[C@@H](C)C(=O)Nc2cccc(Cl)c2)c1C. The monoisotopic (exact) mass is 362 g/mol. The molecule has 1 amide bonds. The van der Waals surface area contributed by atoms with Gasteiger partial charge in [-0.05, 0) is 51.5 Å². The molecule has 0 aliphatic heterocycles. The van der Waals surface area contributed by atoms with E-state index in [9.17, 15) is 14.4 Å². The second-order valence-corrected chi connectivity index (χ2v) is 6.16. The maximum absolute atomic E-state index is 12.3. The number of aryl methyl sites for hydroxylation is 1. The molecule has 0 aliphatic carbocycles. The zero-order valence-electron chi connectivity index (χ0n) is 14.4. The fourth-order valence-corrected chi connectivity index (χ4v) is 2.76. The Bertz CT molecular complexity index is 842. The van der Waals surface area contributed by atoms with Crippen LogP contribution in [0.1, 0.15) is 46.0 Å². The summed E-state index contributed by atoms with van der Waals surface area (Å²) in [4.78, 5) is 39.0. The lowest BCUT2D eigenvalue weighted by atomic mass is 10.1. The first-order valence-corrected chi connectivity index (χ1v) is 8.06. The van der Waals surface area contributed by atoms with E-state index in [4.69, 9.17) is 16.3 Å². The predicted molar refractivity (Wildman–Crippen MR) is 95.2 cm³/mol. The minimum atomic E-state index is -1.02. The van der Waals surface area contributed by atoms with E-state index < -0.39 is 18.0 Å². The molecule has 2 rings (SSSR count). The fraction of sp³-hybridized carbons (Fsp3) is 0.278. The number of hydrogen-bond acceptors (Lipinski definition) is 4. The quantitative estimate of drug-likeness (QED) is 0.627. The number of aromatic nitrogens is 1. The van der Waals surface area contributed by atoms with Crippen LogP contribution in [-0.2, 0) is 9.53 Å². The summed E-state index contributed by atoms with van der Waals surface area (Å²) in [5, 5.41) is 3.11. The van der Waals surface area contributed by atoms with Gasteiger partial charge in [-0.15, -0.1) is 0 Å². The Kier molecular flexibility index (Phi) is 5.64. The molecule has 0 unspecified atom stereocenters. The van der Waals surface area contributed by atoms with E-state index in [0.29, 0.717) is 27.5 Å². The van der Waals surface area contributed by atoms with Gasteiger partial charge >= 0.3 is 5.97 Å². The molecule has 2 aromatic rings. The van der Waals surface area contributed by atoms with Crippen LogP contribution in [0, 0.1) is 13.8 Å². The highest BCUT2D eigenvalue weighted by atomic mass is 35.5. The Morgan fingerprint density at radius 3 is 2.48 bits per heavy atom. The zero-order chi connectivity index (χ0) is 18.7. The van der Waals surface area contributed by atoms with Crippen LogP contribution in [0.4, 0.5) is 5.69 Å². The van der Waals surface area contributed by atoms with E-state index in [2.05, 4.69) is 10.3 Å². The number of carbonyl (C=O) groups excluding carboxylic acids is 3. The topological polar surface area (TPSA) is 88.3 Å². The van der Waals surface area contributed by atoms with Gasteiger partial charge in [-0.2, -0.15) is 0 Å². The van der Waals surface area contributed by atoms with Crippen LogP contribution in [0.15, 0.2) is 24.3 Å². The van der Waals surface area contributed by atoms with Crippen molar-refractivity contribution >= 4 is 34.9 Å². The number of carbonyl (C=O) groups is 3. The Morgan fingerprint density at radius 2 is 1.92 bits per heavy atom. The highest BCUT2D eigenvalue weighted by Crippen LogP contribution is 2.20. The summed E-state index contributed by atoms with van der Waals surface area (Å²) in [7, 11) is 0. The Balaban J connectivity index is 2.08. The van der Waals surface area contributed by atoms with Crippen LogP contribution in [-0.4, -0.2) is 28.7 Å². The highest BCUT2D eigenvalue weighted by molar-refractivity contribution is 6.30. The van der Waals surface area contributed by atoms with E-state index in [-0.39, 0.29) is 11.5 Å². The third kappa shape index (κ3) is 4.28. The molecule has 6 nitrogen and oxygen atoms in total. The normalized spacial score (nSPS) is 11.7. The van der Waals surface area contributed by atoms with E-state index in [1.165, 1.54) is 13.8 Å². The van der Waals surface area contributed by atoms with Gasteiger partial charge in [0.15, 0.2) is 11.9 Å². The van der Waals surface area contributed by atoms with Crippen LogP contribution in [0.25, 0.3) is 0 Å². The molecule has 25 heavy (non-hydrogen) atoms. The summed E-state index contributed by atoms with van der Waals surface area (Å²) in [6, 6.07) is 6.65. The number of amides is 1. The molecular weight excluding hydrogens is 344 g/mol. The molecule has 132 valence electrons. The van der Waals surface area contributed by atoms with Crippen molar-refractivity contribution in [3.8, 4) is 0 Å². The second-order valence-electron chi connectivity index (χ2n) is 5.73. The van der Waals surface area contributed by atoms with Gasteiger partial charge in [0.25, 0.3) is 5.91 Å². The molecule has 1 heterocycles. The minimum absolute atomic E-state index is 0.142. The van der Waals surface area contributed by atoms with Gasteiger partial charge in [0.1, 0.15) is 5.69 Å². The molecule has 0 fully saturated rings. The number of Topliss-reactive ketones (excluding diaryl/α,β-unsaturated/α-hetero) is 1. The number of halogens is 1. The van der Waals surface area contributed by atoms with Gasteiger partial charge in [-0.1, -0.05) is 17.7 Å². The molecule has 1 atom stereocenters. The molecule has 0 spiro atoms. The van der Waals surface area contributed by atoms with Crippen LogP contribution in [0.5, 0.6) is 0 Å². The van der Waals surface area contributed by atoms with Crippen molar-refractivity contribution in [3.05, 3.63) is 51.8 Å². The Hall–Kier alpha value is -2.60. The number of ketones is 1. The van der Waals surface area contributed by atoms with Gasteiger partial charge < -0.3 is 15.0 Å². The standard InChI is InChI=1S/C18H19ClN2O4/c1-9-15(11(3)22)10(2)20-16(9)18(24)25-12(4)17(23)21-14-7-5-6-13(19)8-14/h5-8,12,20H,1-4H3,(H,21,23)/t12-/m0/s1. The average Bonchev–Trinajstić information content (AvgIpc) is 2.82. The fourth-order valence-electron chi connectivity index (χ4n) is 2.57. The number of aromatic amines is 1. The lowest BCUT2D eigenvalue weighted by molar-refractivity contribution is -0.123. The lowest BCUT2D eigenvalue weighted by Gasteiger charge is -2.13. The minimum Gasteiger partial charge on any atom is -0.448 e. The Labute approximate surface area is 150 Å². The summed E-state index contributed by atoms with van der Waals surface area (Å²) in [5.41, 5.74) is 2.24. The third-order valence-corrected chi connectivity index (χ3v) is 3.97. The van der Waals surface area contributed by atoms with Crippen LogP contribution in [0.3, 0.4) is 0 Å². The summed E-state index contributed by atoms with van der Waals surface area (Å²) < 4.78 is 5.20. The molecule has 0 aliphatic rings. The molecule has 0 saturated heterocycles. The lowest BCUT2D eigenvalue weighted by Crippen LogP contribution is -2.30. The molecule has 7 heteroatoms. The van der Waals surface area contributed by atoms with E-state index in [1.54, 1.807) is 38.1 Å². The van der Waals surface area contributed by atoms with E-state index in [1.807, 2.05) is 0 Å². The van der Waals surface area contributed by atoms with Gasteiger partial charge in [-0.25, -0.2) is 4.79 Å². The number of ether oxygens (including phenoxy) is 1. The zero-order valence-corrected chi connectivity index (χ0v) is 15.2. The number of benzene rings is 1. The van der Waals surface area contributed by atoms with Gasteiger partial charge in [-0.3, -0.25) is 9.59 Å². The smallest absolute Gasteiger partial charge is 0.355 e. The molecule has 0 saturated carbocycles. The van der Waals surface area contributed by atoms with E-state index in [0.717, 1.165) is 0 Å². The van der Waals surface area contributed by atoms with Gasteiger partial charge in [0.05, 0.1) is 0 Å². The largest absolute Gasteiger partial charge is 0.448 e. The van der Waals surface area contributed by atoms with Crippen molar-refractivity contribution in [2.75, 3.05) is 5.32 Å². The number of anilines is 1. The number of esters is 1. The third-order valence-electron chi connectivity index (χ3n) is 3.74. The summed E-state index contributed by atoms with van der Waals surface area (Å²) >= 11 is 5.86. The van der Waals surface area contributed by atoms with Crippen molar-refractivity contribution in [1.82, 2.24) is 4.98 Å². The first-order chi connectivity index (χ1) is 11.7. The summed E-state index contributed by atoms with van der Waals surface area (Å²) in [6.45, 7) is 6.26.